The molecule has 0 atom stereocenters. The van der Waals surface area contributed by atoms with Crippen molar-refractivity contribution in [3.63, 3.8) is 0 Å². The second kappa shape index (κ2) is 3.70. The molecule has 0 heterocycles. The largest absolute Gasteiger partial charge is 0.419 e. The first-order valence-electron chi connectivity index (χ1n) is 3.74. The normalized spacial score (nSPS) is 11.1. The molecule has 1 rings (SSSR count). The van der Waals surface area contributed by atoms with Crippen LogP contribution in [-0.2, 0) is 12.6 Å². The third-order valence-electron chi connectivity index (χ3n) is 1.64. The van der Waals surface area contributed by atoms with Gasteiger partial charge < -0.3 is 0 Å². The molecule has 0 aliphatic rings. The van der Waals surface area contributed by atoms with Crippen molar-refractivity contribution in [2.75, 3.05) is 0 Å². The first kappa shape index (κ1) is 10.6. The molecule has 1 aromatic rings. The highest BCUT2D eigenvalue weighted by molar-refractivity contribution is 5.29. The molecular formula is C10H6F4. The predicted molar refractivity (Wildman–Crippen MR) is 43.9 cm³/mol. The highest BCUT2D eigenvalue weighted by Crippen LogP contribution is 2.31. The molecule has 0 radical (unpaired) electrons. The summed E-state index contributed by atoms with van der Waals surface area (Å²) < 4.78 is 49.3. The van der Waals surface area contributed by atoms with Gasteiger partial charge in [0.2, 0.25) is 0 Å². The molecule has 0 spiro atoms. The molecule has 0 bridgehead atoms. The van der Waals surface area contributed by atoms with Crippen LogP contribution in [-0.4, -0.2) is 0 Å². The van der Waals surface area contributed by atoms with Crippen molar-refractivity contribution in [1.29, 1.82) is 0 Å². The van der Waals surface area contributed by atoms with Gasteiger partial charge in [0, 0.05) is 6.42 Å². The number of rotatable bonds is 1. The number of hydrogen-bond acceptors (Lipinski definition) is 0. The zero-order valence-electron chi connectivity index (χ0n) is 7.03. The lowest BCUT2D eigenvalue weighted by Gasteiger charge is -2.08. The fourth-order valence-electron chi connectivity index (χ4n) is 1.02. The van der Waals surface area contributed by atoms with Crippen molar-refractivity contribution in [2.45, 2.75) is 12.6 Å². The Labute approximate surface area is 78.6 Å². The summed E-state index contributed by atoms with van der Waals surface area (Å²) in [6, 6.07) is 2.75. The van der Waals surface area contributed by atoms with Crippen LogP contribution in [0.2, 0.25) is 0 Å². The molecule has 0 saturated carbocycles. The van der Waals surface area contributed by atoms with Gasteiger partial charge in [0.15, 0.2) is 0 Å². The van der Waals surface area contributed by atoms with Crippen LogP contribution in [0, 0.1) is 18.2 Å². The zero-order chi connectivity index (χ0) is 10.8. The van der Waals surface area contributed by atoms with Gasteiger partial charge in [-0.15, -0.1) is 12.3 Å². The van der Waals surface area contributed by atoms with Crippen LogP contribution in [0.4, 0.5) is 17.6 Å². The molecule has 4 heteroatoms. The van der Waals surface area contributed by atoms with E-state index in [2.05, 4.69) is 5.92 Å². The van der Waals surface area contributed by atoms with Crippen molar-refractivity contribution in [3.05, 3.63) is 35.1 Å². The summed E-state index contributed by atoms with van der Waals surface area (Å²) >= 11 is 0. The van der Waals surface area contributed by atoms with Crippen LogP contribution in [0.5, 0.6) is 0 Å². The van der Waals surface area contributed by atoms with E-state index < -0.39 is 17.6 Å². The van der Waals surface area contributed by atoms with E-state index in [0.29, 0.717) is 0 Å². The second-order valence-corrected chi connectivity index (χ2v) is 2.69. The van der Waals surface area contributed by atoms with E-state index in [4.69, 9.17) is 6.42 Å². The molecule has 1 aromatic carbocycles. The van der Waals surface area contributed by atoms with Crippen molar-refractivity contribution in [2.24, 2.45) is 0 Å². The molecule has 0 aliphatic heterocycles. The van der Waals surface area contributed by atoms with E-state index in [0.717, 1.165) is 12.1 Å². The van der Waals surface area contributed by atoms with Crippen LogP contribution in [0.3, 0.4) is 0 Å². The summed E-state index contributed by atoms with van der Waals surface area (Å²) in [5.74, 6) is 0.913. The van der Waals surface area contributed by atoms with E-state index in [9.17, 15) is 17.6 Å². The van der Waals surface area contributed by atoms with Crippen LogP contribution in [0.25, 0.3) is 0 Å². The van der Waals surface area contributed by atoms with Gasteiger partial charge in [0.05, 0.1) is 5.56 Å². The lowest BCUT2D eigenvalue weighted by Crippen LogP contribution is -2.08. The molecule has 0 unspecified atom stereocenters. The molecule has 0 saturated heterocycles. The molecule has 0 N–H and O–H groups in total. The molecule has 74 valence electrons. The number of terminal acetylenes is 1. The summed E-state index contributed by atoms with van der Waals surface area (Å²) in [6.07, 6.45) is 0.320. The minimum Gasteiger partial charge on any atom is -0.206 e. The Morgan fingerprint density at radius 2 is 1.93 bits per heavy atom. The monoisotopic (exact) mass is 202 g/mol. The Morgan fingerprint density at radius 1 is 1.29 bits per heavy atom. The molecule has 0 aliphatic carbocycles. The fourth-order valence-corrected chi connectivity index (χ4v) is 1.02. The summed E-state index contributed by atoms with van der Waals surface area (Å²) in [7, 11) is 0. The van der Waals surface area contributed by atoms with Crippen LogP contribution < -0.4 is 0 Å². The smallest absolute Gasteiger partial charge is 0.206 e. The Morgan fingerprint density at radius 3 is 2.43 bits per heavy atom. The van der Waals surface area contributed by atoms with Gasteiger partial charge in [-0.05, 0) is 17.7 Å². The second-order valence-electron chi connectivity index (χ2n) is 2.69. The molecule has 14 heavy (non-hydrogen) atoms. The van der Waals surface area contributed by atoms with Crippen molar-refractivity contribution < 1.29 is 17.6 Å². The minimum absolute atomic E-state index is 0.0589. The summed E-state index contributed by atoms with van der Waals surface area (Å²) in [4.78, 5) is 0. The van der Waals surface area contributed by atoms with Gasteiger partial charge in [-0.3, -0.25) is 0 Å². The Hall–Kier alpha value is -1.50. The van der Waals surface area contributed by atoms with Crippen LogP contribution >= 0.6 is 0 Å². The SMILES string of the molecule is C#CCc1ccc(F)c(C(F)(F)F)c1. The van der Waals surface area contributed by atoms with Crippen LogP contribution in [0.15, 0.2) is 18.2 Å². The van der Waals surface area contributed by atoms with Gasteiger partial charge in [0.1, 0.15) is 5.82 Å². The Balaban J connectivity index is 3.17. The maximum atomic E-state index is 12.7. The first-order chi connectivity index (χ1) is 6.45. The number of halogens is 4. The minimum atomic E-state index is -4.67. The zero-order valence-corrected chi connectivity index (χ0v) is 7.03. The molecule has 0 amide bonds. The maximum absolute atomic E-state index is 12.7. The lowest BCUT2D eigenvalue weighted by molar-refractivity contribution is -0.140. The lowest BCUT2D eigenvalue weighted by atomic mass is 10.1. The van der Waals surface area contributed by atoms with Gasteiger partial charge in [0.25, 0.3) is 0 Å². The Kier molecular flexibility index (Phi) is 2.80. The molecular weight excluding hydrogens is 196 g/mol. The number of hydrogen-bond donors (Lipinski definition) is 0. The van der Waals surface area contributed by atoms with Crippen molar-refractivity contribution in [3.8, 4) is 12.3 Å². The molecule has 0 nitrogen and oxygen atoms in total. The third-order valence-corrected chi connectivity index (χ3v) is 1.64. The van der Waals surface area contributed by atoms with Crippen LogP contribution in [0.1, 0.15) is 11.1 Å². The quantitative estimate of drug-likeness (QED) is 0.485. The van der Waals surface area contributed by atoms with Crippen molar-refractivity contribution >= 4 is 0 Å². The van der Waals surface area contributed by atoms with Crippen molar-refractivity contribution in [1.82, 2.24) is 0 Å². The number of alkyl halides is 3. The van der Waals surface area contributed by atoms with Gasteiger partial charge >= 0.3 is 6.18 Å². The van der Waals surface area contributed by atoms with E-state index in [1.54, 1.807) is 0 Å². The fraction of sp³-hybridized carbons (Fsp3) is 0.200. The highest BCUT2D eigenvalue weighted by Gasteiger charge is 2.33. The van der Waals surface area contributed by atoms with E-state index in [1.165, 1.54) is 6.07 Å². The predicted octanol–water partition coefficient (Wildman–Crippen LogP) is 3.02. The molecule has 0 aromatic heterocycles. The topological polar surface area (TPSA) is 0 Å². The van der Waals surface area contributed by atoms with E-state index >= 15 is 0 Å². The summed E-state index contributed by atoms with van der Waals surface area (Å²) in [5, 5.41) is 0. The molecule has 0 fully saturated rings. The summed E-state index contributed by atoms with van der Waals surface area (Å²) in [6.45, 7) is 0. The summed E-state index contributed by atoms with van der Waals surface area (Å²) in [5.41, 5.74) is -0.994. The number of benzene rings is 1. The highest BCUT2D eigenvalue weighted by atomic mass is 19.4. The van der Waals surface area contributed by atoms with Gasteiger partial charge in [-0.2, -0.15) is 13.2 Å². The third kappa shape index (κ3) is 2.25. The van der Waals surface area contributed by atoms with E-state index in [1.807, 2.05) is 0 Å². The first-order valence-corrected chi connectivity index (χ1v) is 3.74. The standard InChI is InChI=1S/C10H6F4/c1-2-3-7-4-5-9(11)8(6-7)10(12,13)14/h1,4-6H,3H2. The van der Waals surface area contributed by atoms with E-state index in [-0.39, 0.29) is 12.0 Å². The average Bonchev–Trinajstić information content (AvgIpc) is 2.07. The Bertz CT molecular complexity index is 371. The van der Waals surface area contributed by atoms with Gasteiger partial charge in [-0.25, -0.2) is 4.39 Å². The van der Waals surface area contributed by atoms with Gasteiger partial charge in [-0.1, -0.05) is 6.07 Å². The maximum Gasteiger partial charge on any atom is 0.419 e. The average molecular weight is 202 g/mol.